The lowest BCUT2D eigenvalue weighted by molar-refractivity contribution is 0.579. The molecule has 0 radical (unpaired) electrons. The second kappa shape index (κ2) is 6.96. The third kappa shape index (κ3) is 3.79. The van der Waals surface area contributed by atoms with Crippen molar-refractivity contribution in [1.82, 2.24) is 4.83 Å². The first kappa shape index (κ1) is 15.7. The first-order valence-corrected chi connectivity index (χ1v) is 9.33. The van der Waals surface area contributed by atoms with Gasteiger partial charge in [0, 0.05) is 11.6 Å². The zero-order chi connectivity index (χ0) is 16.1. The van der Waals surface area contributed by atoms with Gasteiger partial charge in [0.05, 0.1) is 4.90 Å². The van der Waals surface area contributed by atoms with Crippen molar-refractivity contribution >= 4 is 15.7 Å². The molecule has 0 aliphatic heterocycles. The molecule has 5 heteroatoms. The van der Waals surface area contributed by atoms with Gasteiger partial charge in [0.1, 0.15) is 0 Å². The van der Waals surface area contributed by atoms with E-state index in [0.717, 1.165) is 31.4 Å². The minimum absolute atomic E-state index is 0.198. The van der Waals surface area contributed by atoms with Crippen LogP contribution in [0.15, 0.2) is 70.7 Å². The Morgan fingerprint density at radius 2 is 1.57 bits per heavy atom. The molecule has 1 N–H and O–H groups in total. The fourth-order valence-corrected chi connectivity index (χ4v) is 3.80. The Kier molecular flexibility index (Phi) is 4.76. The van der Waals surface area contributed by atoms with E-state index in [1.165, 1.54) is 5.56 Å². The highest BCUT2D eigenvalue weighted by Crippen LogP contribution is 2.30. The molecule has 120 valence electrons. The smallest absolute Gasteiger partial charge is 0.200 e. The van der Waals surface area contributed by atoms with Gasteiger partial charge in [0.2, 0.25) is 0 Å². The predicted octanol–water partition coefficient (Wildman–Crippen LogP) is 3.68. The molecular weight excluding hydrogens is 308 g/mol. The topological polar surface area (TPSA) is 58.5 Å². The van der Waals surface area contributed by atoms with Gasteiger partial charge in [-0.1, -0.05) is 55.0 Å². The van der Waals surface area contributed by atoms with Crippen molar-refractivity contribution in [2.75, 3.05) is 0 Å². The Balaban J connectivity index is 1.82. The van der Waals surface area contributed by atoms with E-state index in [1.807, 2.05) is 18.2 Å². The summed E-state index contributed by atoms with van der Waals surface area (Å²) in [5.41, 5.74) is 2.12. The van der Waals surface area contributed by atoms with Gasteiger partial charge in [-0.3, -0.25) is 0 Å². The zero-order valence-corrected chi connectivity index (χ0v) is 13.7. The van der Waals surface area contributed by atoms with Crippen LogP contribution in [-0.4, -0.2) is 14.1 Å². The van der Waals surface area contributed by atoms with E-state index in [-0.39, 0.29) is 10.8 Å². The van der Waals surface area contributed by atoms with Crippen LogP contribution in [0, 0.1) is 0 Å². The van der Waals surface area contributed by atoms with Crippen LogP contribution >= 0.6 is 0 Å². The Morgan fingerprint density at radius 1 is 0.913 bits per heavy atom. The molecule has 1 aliphatic rings. The van der Waals surface area contributed by atoms with Crippen molar-refractivity contribution in [3.8, 4) is 0 Å². The quantitative estimate of drug-likeness (QED) is 0.870. The van der Waals surface area contributed by atoms with Crippen LogP contribution in [0.25, 0.3) is 0 Å². The third-order valence-corrected chi connectivity index (χ3v) is 5.37. The van der Waals surface area contributed by atoms with E-state index in [0.29, 0.717) is 0 Å². The number of sulfonamides is 1. The average molecular weight is 328 g/mol. The zero-order valence-electron chi connectivity index (χ0n) is 12.9. The van der Waals surface area contributed by atoms with Gasteiger partial charge in [-0.2, -0.15) is 13.5 Å². The second-order valence-corrected chi connectivity index (χ2v) is 7.38. The van der Waals surface area contributed by atoms with E-state index in [1.54, 1.807) is 30.3 Å². The SMILES string of the molecule is O=S(=O)(N/N=C1/CCCC[C@H]1c1ccccc1)c1ccccc1. The molecule has 23 heavy (non-hydrogen) atoms. The minimum Gasteiger partial charge on any atom is -0.200 e. The Bertz CT molecular complexity index is 771. The highest BCUT2D eigenvalue weighted by atomic mass is 32.2. The van der Waals surface area contributed by atoms with E-state index in [4.69, 9.17) is 0 Å². The van der Waals surface area contributed by atoms with Gasteiger partial charge in [-0.25, -0.2) is 4.83 Å². The average Bonchev–Trinajstić information content (AvgIpc) is 2.62. The number of hydrazone groups is 1. The van der Waals surface area contributed by atoms with E-state index < -0.39 is 10.0 Å². The molecule has 3 rings (SSSR count). The van der Waals surface area contributed by atoms with Crippen LogP contribution in [0.3, 0.4) is 0 Å². The molecule has 1 fully saturated rings. The maximum absolute atomic E-state index is 12.3. The van der Waals surface area contributed by atoms with E-state index in [2.05, 4.69) is 22.1 Å². The van der Waals surface area contributed by atoms with Gasteiger partial charge in [0.25, 0.3) is 10.0 Å². The van der Waals surface area contributed by atoms with Crippen LogP contribution in [0.2, 0.25) is 0 Å². The maximum Gasteiger partial charge on any atom is 0.276 e. The van der Waals surface area contributed by atoms with Gasteiger partial charge in [0.15, 0.2) is 0 Å². The second-order valence-electron chi connectivity index (χ2n) is 5.72. The molecular formula is C18H20N2O2S. The van der Waals surface area contributed by atoms with Gasteiger partial charge in [-0.05, 0) is 37.0 Å². The van der Waals surface area contributed by atoms with Crippen LogP contribution in [0.4, 0.5) is 0 Å². The molecule has 0 aromatic heterocycles. The third-order valence-electron chi connectivity index (χ3n) is 4.14. The van der Waals surface area contributed by atoms with Crippen molar-refractivity contribution in [3.63, 3.8) is 0 Å². The van der Waals surface area contributed by atoms with Crippen molar-refractivity contribution in [1.29, 1.82) is 0 Å². The van der Waals surface area contributed by atoms with Gasteiger partial charge >= 0.3 is 0 Å². The highest BCUT2D eigenvalue weighted by molar-refractivity contribution is 7.89. The summed E-state index contributed by atoms with van der Waals surface area (Å²) in [4.78, 5) is 2.64. The van der Waals surface area contributed by atoms with Crippen molar-refractivity contribution in [2.24, 2.45) is 5.10 Å². The van der Waals surface area contributed by atoms with Crippen LogP contribution in [0.5, 0.6) is 0 Å². The fraction of sp³-hybridized carbons (Fsp3) is 0.278. The number of hydrogen-bond donors (Lipinski definition) is 1. The summed E-state index contributed by atoms with van der Waals surface area (Å²) in [6, 6.07) is 18.5. The molecule has 1 aliphatic carbocycles. The first-order chi connectivity index (χ1) is 11.2. The van der Waals surface area contributed by atoms with Crippen molar-refractivity contribution in [2.45, 2.75) is 36.5 Å². The summed E-state index contributed by atoms with van der Waals surface area (Å²) >= 11 is 0. The number of nitrogens with zero attached hydrogens (tertiary/aromatic N) is 1. The lowest BCUT2D eigenvalue weighted by atomic mass is 9.82. The monoisotopic (exact) mass is 328 g/mol. The van der Waals surface area contributed by atoms with Crippen LogP contribution < -0.4 is 4.83 Å². The molecule has 0 unspecified atom stereocenters. The summed E-state index contributed by atoms with van der Waals surface area (Å²) < 4.78 is 24.6. The highest BCUT2D eigenvalue weighted by Gasteiger charge is 2.23. The van der Waals surface area contributed by atoms with Crippen LogP contribution in [-0.2, 0) is 10.0 Å². The molecule has 1 atom stereocenters. The van der Waals surface area contributed by atoms with E-state index >= 15 is 0 Å². The molecule has 2 aromatic rings. The van der Waals surface area contributed by atoms with Crippen LogP contribution in [0.1, 0.15) is 37.2 Å². The summed E-state index contributed by atoms with van der Waals surface area (Å²) in [6.07, 6.45) is 4.03. The van der Waals surface area contributed by atoms with Crippen molar-refractivity contribution in [3.05, 3.63) is 66.2 Å². The fourth-order valence-electron chi connectivity index (χ4n) is 2.94. The lowest BCUT2D eigenvalue weighted by Crippen LogP contribution is -2.24. The predicted molar refractivity (Wildman–Crippen MR) is 91.8 cm³/mol. The first-order valence-electron chi connectivity index (χ1n) is 7.85. The minimum atomic E-state index is -3.60. The van der Waals surface area contributed by atoms with E-state index in [9.17, 15) is 8.42 Å². The number of rotatable bonds is 4. The standard InChI is InChI=1S/C18H20N2O2S/c21-23(22,16-11-5-2-6-12-16)20-19-18-14-8-7-13-17(18)15-9-3-1-4-10-15/h1-6,9-12,17,20H,7-8,13-14H2/b19-18-/t17-/m0/s1. The largest absolute Gasteiger partial charge is 0.276 e. The summed E-state index contributed by atoms with van der Waals surface area (Å²) in [5, 5.41) is 4.27. The molecule has 0 spiro atoms. The Morgan fingerprint density at radius 3 is 2.26 bits per heavy atom. The lowest BCUT2D eigenvalue weighted by Gasteiger charge is -2.24. The molecule has 0 bridgehead atoms. The molecule has 0 heterocycles. The molecule has 1 saturated carbocycles. The Hall–Kier alpha value is -2.14. The molecule has 0 amide bonds. The summed E-state index contributed by atoms with van der Waals surface area (Å²) in [5.74, 6) is 0.198. The molecule has 2 aromatic carbocycles. The number of hydrogen-bond acceptors (Lipinski definition) is 3. The maximum atomic E-state index is 12.3. The number of nitrogens with one attached hydrogen (secondary N) is 1. The van der Waals surface area contributed by atoms with Crippen molar-refractivity contribution < 1.29 is 8.42 Å². The normalized spacial score (nSPS) is 20.3. The molecule has 4 nitrogen and oxygen atoms in total. The van der Waals surface area contributed by atoms with Gasteiger partial charge in [-0.15, -0.1) is 0 Å². The summed E-state index contributed by atoms with van der Waals surface area (Å²) in [6.45, 7) is 0. The Labute approximate surface area is 137 Å². The number of benzene rings is 2. The summed E-state index contributed by atoms with van der Waals surface area (Å²) in [7, 11) is -3.60. The molecule has 0 saturated heterocycles. The van der Waals surface area contributed by atoms with Gasteiger partial charge < -0.3 is 0 Å².